The van der Waals surface area contributed by atoms with Gasteiger partial charge >= 0.3 is 5.97 Å². The minimum Gasteiger partial charge on any atom is -0.496 e. The maximum Gasteiger partial charge on any atom is 0.303 e. The number of methoxy groups -OCH3 is 1. The molecular weight excluding hydrogens is 224 g/mol. The molecule has 1 aromatic rings. The van der Waals surface area contributed by atoms with E-state index in [1.54, 1.807) is 18.2 Å². The summed E-state index contributed by atoms with van der Waals surface area (Å²) in [5.41, 5.74) is 0.449. The van der Waals surface area contributed by atoms with E-state index in [1.807, 2.05) is 0 Å². The number of aliphatic carboxylic acids is 1. The molecule has 5 nitrogen and oxygen atoms in total. The predicted octanol–water partition coefficient (Wildman–Crippen LogP) is 1.75. The van der Waals surface area contributed by atoms with Crippen LogP contribution in [0.3, 0.4) is 0 Å². The smallest absolute Gasteiger partial charge is 0.303 e. The van der Waals surface area contributed by atoms with Crippen LogP contribution in [-0.4, -0.2) is 31.1 Å². The fourth-order valence-electron chi connectivity index (χ4n) is 1.29. The molecule has 0 aliphatic carbocycles. The quantitative estimate of drug-likeness (QED) is 0.578. The minimum absolute atomic E-state index is 0.0730. The molecular formula is C12H14O5. The zero-order valence-electron chi connectivity index (χ0n) is 9.51. The Hall–Kier alpha value is -2.04. The van der Waals surface area contributed by atoms with Gasteiger partial charge in [-0.1, -0.05) is 0 Å². The summed E-state index contributed by atoms with van der Waals surface area (Å²) in [4.78, 5) is 20.9. The molecule has 0 radical (unpaired) electrons. The van der Waals surface area contributed by atoms with E-state index in [1.165, 1.54) is 7.11 Å². The predicted molar refractivity (Wildman–Crippen MR) is 60.7 cm³/mol. The largest absolute Gasteiger partial charge is 0.496 e. The third-order valence-corrected chi connectivity index (χ3v) is 2.14. The van der Waals surface area contributed by atoms with Crippen molar-refractivity contribution in [1.29, 1.82) is 0 Å². The van der Waals surface area contributed by atoms with Gasteiger partial charge in [-0.3, -0.25) is 9.59 Å². The highest BCUT2D eigenvalue weighted by Crippen LogP contribution is 2.23. The van der Waals surface area contributed by atoms with E-state index < -0.39 is 5.97 Å². The van der Waals surface area contributed by atoms with Crippen LogP contribution in [0.5, 0.6) is 11.5 Å². The molecule has 0 saturated carbocycles. The zero-order chi connectivity index (χ0) is 12.7. The molecule has 0 bridgehead atoms. The van der Waals surface area contributed by atoms with Crippen molar-refractivity contribution in [2.24, 2.45) is 0 Å². The minimum atomic E-state index is -0.845. The molecule has 1 N–H and O–H groups in total. The number of benzene rings is 1. The molecule has 0 unspecified atom stereocenters. The second-order valence-corrected chi connectivity index (χ2v) is 3.37. The van der Waals surface area contributed by atoms with E-state index in [0.29, 0.717) is 36.4 Å². The van der Waals surface area contributed by atoms with Crippen LogP contribution in [0.25, 0.3) is 0 Å². The monoisotopic (exact) mass is 238 g/mol. The van der Waals surface area contributed by atoms with Gasteiger partial charge < -0.3 is 14.6 Å². The van der Waals surface area contributed by atoms with Crippen LogP contribution in [0.2, 0.25) is 0 Å². The topological polar surface area (TPSA) is 72.8 Å². The Labute approximate surface area is 99.0 Å². The summed E-state index contributed by atoms with van der Waals surface area (Å²) in [5, 5.41) is 8.45. The second-order valence-electron chi connectivity index (χ2n) is 3.37. The molecule has 0 amide bonds. The number of ether oxygens (including phenoxy) is 2. The number of rotatable bonds is 7. The van der Waals surface area contributed by atoms with E-state index in [9.17, 15) is 9.59 Å². The number of hydrogen-bond acceptors (Lipinski definition) is 4. The van der Waals surface area contributed by atoms with E-state index in [0.717, 1.165) is 0 Å². The first kappa shape index (κ1) is 13.0. The number of carbonyl (C=O) groups excluding carboxylic acids is 1. The average molecular weight is 238 g/mol. The van der Waals surface area contributed by atoms with Crippen molar-refractivity contribution in [2.45, 2.75) is 12.8 Å². The van der Waals surface area contributed by atoms with Crippen molar-refractivity contribution in [3.63, 3.8) is 0 Å². The Morgan fingerprint density at radius 1 is 1.47 bits per heavy atom. The third-order valence-electron chi connectivity index (χ3n) is 2.14. The maximum absolute atomic E-state index is 10.6. The Balaban J connectivity index is 2.54. The Morgan fingerprint density at radius 2 is 2.24 bits per heavy atom. The Bertz CT molecular complexity index is 400. The van der Waals surface area contributed by atoms with Crippen LogP contribution in [0.4, 0.5) is 0 Å². The molecule has 17 heavy (non-hydrogen) atoms. The summed E-state index contributed by atoms with van der Waals surface area (Å²) in [6.07, 6.45) is 1.21. The maximum atomic E-state index is 10.6. The van der Waals surface area contributed by atoms with Gasteiger partial charge in [-0.25, -0.2) is 0 Å². The molecule has 5 heteroatoms. The van der Waals surface area contributed by atoms with Crippen LogP contribution in [-0.2, 0) is 4.79 Å². The summed E-state index contributed by atoms with van der Waals surface area (Å²) in [7, 11) is 1.47. The van der Waals surface area contributed by atoms with E-state index in [2.05, 4.69) is 0 Å². The van der Waals surface area contributed by atoms with Gasteiger partial charge in [0.2, 0.25) is 0 Å². The van der Waals surface area contributed by atoms with Gasteiger partial charge in [0.05, 0.1) is 19.3 Å². The van der Waals surface area contributed by atoms with Gasteiger partial charge in [-0.15, -0.1) is 0 Å². The molecule has 0 spiro atoms. The lowest BCUT2D eigenvalue weighted by Crippen LogP contribution is -2.02. The average Bonchev–Trinajstić information content (AvgIpc) is 2.34. The first-order valence-corrected chi connectivity index (χ1v) is 5.15. The third kappa shape index (κ3) is 4.14. The van der Waals surface area contributed by atoms with Gasteiger partial charge in [-0.2, -0.15) is 0 Å². The fraction of sp³-hybridized carbons (Fsp3) is 0.333. The molecule has 0 atom stereocenters. The van der Waals surface area contributed by atoms with Crippen LogP contribution in [0, 0.1) is 0 Å². The molecule has 0 aliphatic heterocycles. The molecule has 92 valence electrons. The highest BCUT2D eigenvalue weighted by Gasteiger charge is 2.04. The van der Waals surface area contributed by atoms with Crippen LogP contribution in [0.15, 0.2) is 18.2 Å². The number of carboxylic acids is 1. The van der Waals surface area contributed by atoms with Gasteiger partial charge in [0.25, 0.3) is 0 Å². The van der Waals surface area contributed by atoms with Crippen molar-refractivity contribution < 1.29 is 24.2 Å². The summed E-state index contributed by atoms with van der Waals surface area (Å²) < 4.78 is 10.4. The summed E-state index contributed by atoms with van der Waals surface area (Å²) in [6, 6.07) is 4.84. The van der Waals surface area contributed by atoms with Crippen molar-refractivity contribution in [1.82, 2.24) is 0 Å². The number of carboxylic acid groups (broad SMARTS) is 1. The Morgan fingerprint density at radius 3 is 2.82 bits per heavy atom. The van der Waals surface area contributed by atoms with Crippen LogP contribution < -0.4 is 9.47 Å². The zero-order valence-corrected chi connectivity index (χ0v) is 9.51. The van der Waals surface area contributed by atoms with E-state index >= 15 is 0 Å². The number of carbonyl (C=O) groups is 2. The van der Waals surface area contributed by atoms with Crippen molar-refractivity contribution in [3.05, 3.63) is 23.8 Å². The first-order chi connectivity index (χ1) is 8.17. The first-order valence-electron chi connectivity index (χ1n) is 5.15. The van der Waals surface area contributed by atoms with Crippen molar-refractivity contribution in [3.8, 4) is 11.5 Å². The van der Waals surface area contributed by atoms with E-state index in [4.69, 9.17) is 14.6 Å². The molecule has 0 saturated heterocycles. The molecule has 0 heterocycles. The number of aldehydes is 1. The number of hydrogen-bond donors (Lipinski definition) is 1. The normalized spacial score (nSPS) is 9.71. The standard InChI is InChI=1S/C12H14O5/c1-16-11-7-10(5-4-9(11)8-13)17-6-2-3-12(14)15/h4-5,7-8H,2-3,6H2,1H3,(H,14,15). The highest BCUT2D eigenvalue weighted by molar-refractivity contribution is 5.79. The molecule has 0 aliphatic rings. The van der Waals surface area contributed by atoms with E-state index in [-0.39, 0.29) is 6.42 Å². The summed E-state index contributed by atoms with van der Waals surface area (Å²) in [5.74, 6) is 0.149. The molecule has 0 fully saturated rings. The molecule has 0 aromatic heterocycles. The lowest BCUT2D eigenvalue weighted by atomic mass is 10.2. The van der Waals surface area contributed by atoms with Crippen LogP contribution >= 0.6 is 0 Å². The SMILES string of the molecule is COc1cc(OCCCC(=O)O)ccc1C=O. The van der Waals surface area contributed by atoms with Gasteiger partial charge in [0, 0.05) is 12.5 Å². The van der Waals surface area contributed by atoms with Crippen LogP contribution in [0.1, 0.15) is 23.2 Å². The molecule has 1 aromatic carbocycles. The Kier molecular flexibility index (Phi) is 5.00. The lowest BCUT2D eigenvalue weighted by molar-refractivity contribution is -0.137. The molecule has 1 rings (SSSR count). The van der Waals surface area contributed by atoms with Crippen molar-refractivity contribution >= 4 is 12.3 Å². The fourth-order valence-corrected chi connectivity index (χ4v) is 1.29. The second kappa shape index (κ2) is 6.52. The highest BCUT2D eigenvalue weighted by atomic mass is 16.5. The van der Waals surface area contributed by atoms with Crippen molar-refractivity contribution in [2.75, 3.05) is 13.7 Å². The lowest BCUT2D eigenvalue weighted by Gasteiger charge is -2.08. The summed E-state index contributed by atoms with van der Waals surface area (Å²) >= 11 is 0. The van der Waals surface area contributed by atoms with Gasteiger partial charge in [0.1, 0.15) is 11.5 Å². The summed E-state index contributed by atoms with van der Waals surface area (Å²) in [6.45, 7) is 0.315. The van der Waals surface area contributed by atoms with Gasteiger partial charge in [-0.05, 0) is 18.6 Å². The van der Waals surface area contributed by atoms with Gasteiger partial charge in [0.15, 0.2) is 6.29 Å².